The highest BCUT2D eigenvalue weighted by molar-refractivity contribution is 5.75. The van der Waals surface area contributed by atoms with Crippen LogP contribution in [0.1, 0.15) is 46.5 Å². The quantitative estimate of drug-likeness (QED) is 0.573. The molecule has 0 aromatic rings. The van der Waals surface area contributed by atoms with E-state index in [4.69, 9.17) is 9.47 Å². The number of hydrogen-bond acceptors (Lipinski definition) is 4. The molecule has 4 heteroatoms. The molecular formula is C14H22O4. The van der Waals surface area contributed by atoms with Gasteiger partial charge in [-0.15, -0.1) is 0 Å². The molecule has 1 saturated heterocycles. The third kappa shape index (κ3) is 2.05. The number of carbonyl (C=O) groups excluding carboxylic acids is 1. The lowest BCUT2D eigenvalue weighted by molar-refractivity contribution is -0.163. The Morgan fingerprint density at radius 3 is 2.72 bits per heavy atom. The smallest absolute Gasteiger partial charge is 0.311 e. The van der Waals surface area contributed by atoms with Crippen LogP contribution < -0.4 is 0 Å². The fourth-order valence-corrected chi connectivity index (χ4v) is 3.49. The third-order valence-electron chi connectivity index (χ3n) is 4.41. The predicted molar refractivity (Wildman–Crippen MR) is 64.6 cm³/mol. The van der Waals surface area contributed by atoms with E-state index < -0.39 is 11.2 Å². The first-order valence-electron chi connectivity index (χ1n) is 6.89. The number of fused-ring (bicyclic) bond motifs is 4. The van der Waals surface area contributed by atoms with Crippen molar-refractivity contribution in [1.29, 1.82) is 0 Å². The van der Waals surface area contributed by atoms with Crippen molar-refractivity contribution in [3.8, 4) is 0 Å². The average Bonchev–Trinajstić information content (AvgIpc) is 2.88. The van der Waals surface area contributed by atoms with Gasteiger partial charge in [0.05, 0.1) is 5.41 Å². The van der Waals surface area contributed by atoms with Crippen molar-refractivity contribution >= 4 is 5.97 Å². The molecule has 3 fully saturated rings. The highest BCUT2D eigenvalue weighted by Gasteiger charge is 2.64. The molecule has 2 aliphatic carbocycles. The van der Waals surface area contributed by atoms with Gasteiger partial charge < -0.3 is 14.6 Å². The Bertz CT molecular complexity index is 372. The van der Waals surface area contributed by atoms with Crippen LogP contribution in [0.5, 0.6) is 0 Å². The van der Waals surface area contributed by atoms with Crippen LogP contribution in [0.4, 0.5) is 0 Å². The highest BCUT2D eigenvalue weighted by Crippen LogP contribution is 2.55. The second kappa shape index (κ2) is 3.70. The van der Waals surface area contributed by atoms with E-state index in [0.717, 1.165) is 19.3 Å². The zero-order valence-electron chi connectivity index (χ0n) is 11.3. The summed E-state index contributed by atoms with van der Waals surface area (Å²) in [5.41, 5.74) is -0.441. The van der Waals surface area contributed by atoms with Gasteiger partial charge in [-0.05, 0) is 51.9 Å². The zero-order valence-corrected chi connectivity index (χ0v) is 11.3. The largest absolute Gasteiger partial charge is 0.462 e. The summed E-state index contributed by atoms with van der Waals surface area (Å²) in [7, 11) is 0. The van der Waals surface area contributed by atoms with Crippen LogP contribution >= 0.6 is 0 Å². The number of esters is 1. The maximum atomic E-state index is 11.9. The van der Waals surface area contributed by atoms with Crippen LogP contribution in [0, 0.1) is 17.3 Å². The van der Waals surface area contributed by atoms with Gasteiger partial charge in [0.15, 0.2) is 5.79 Å². The van der Waals surface area contributed by atoms with Crippen LogP contribution in [0.3, 0.4) is 0 Å². The van der Waals surface area contributed by atoms with Gasteiger partial charge in [0.2, 0.25) is 0 Å². The first kappa shape index (κ1) is 12.4. The normalized spacial score (nSPS) is 46.2. The molecule has 4 nitrogen and oxygen atoms in total. The number of hydrogen-bond donors (Lipinski definition) is 1. The second-order valence-corrected chi connectivity index (χ2v) is 7.20. The Balaban J connectivity index is 1.63. The fourth-order valence-electron chi connectivity index (χ4n) is 3.49. The van der Waals surface area contributed by atoms with Gasteiger partial charge in [-0.1, -0.05) is 0 Å². The second-order valence-electron chi connectivity index (χ2n) is 7.20. The van der Waals surface area contributed by atoms with E-state index >= 15 is 0 Å². The number of rotatable bonds is 1. The summed E-state index contributed by atoms with van der Waals surface area (Å²) in [6.45, 7) is 5.63. The molecule has 0 aromatic carbocycles. The Kier molecular flexibility index (Phi) is 2.55. The van der Waals surface area contributed by atoms with E-state index in [-0.39, 0.29) is 18.2 Å². The first-order chi connectivity index (χ1) is 8.28. The van der Waals surface area contributed by atoms with E-state index in [9.17, 15) is 9.90 Å². The van der Waals surface area contributed by atoms with Gasteiger partial charge in [0, 0.05) is 6.42 Å². The van der Waals surface area contributed by atoms with Gasteiger partial charge in [-0.3, -0.25) is 4.79 Å². The molecule has 3 rings (SSSR count). The fraction of sp³-hybridized carbons (Fsp3) is 0.929. The van der Waals surface area contributed by atoms with Crippen molar-refractivity contribution in [3.05, 3.63) is 0 Å². The Hall–Kier alpha value is -0.610. The summed E-state index contributed by atoms with van der Waals surface area (Å²) in [5.74, 6) is -0.169. The highest BCUT2D eigenvalue weighted by atomic mass is 16.7. The SMILES string of the molecule is CC(C)(C)C(=O)O[C@@H]1C[C@H]2C[C@@H](C1)[C@@H]1O[C@]1(O)C2. The topological polar surface area (TPSA) is 59.1 Å². The van der Waals surface area contributed by atoms with E-state index in [0.29, 0.717) is 18.3 Å². The maximum absolute atomic E-state index is 11.9. The lowest BCUT2D eigenvalue weighted by Crippen LogP contribution is -2.41. The maximum Gasteiger partial charge on any atom is 0.311 e. The summed E-state index contributed by atoms with van der Waals surface area (Å²) >= 11 is 0. The number of ether oxygens (including phenoxy) is 2. The third-order valence-corrected chi connectivity index (χ3v) is 4.41. The lowest BCUT2D eigenvalue weighted by atomic mass is 9.70. The van der Waals surface area contributed by atoms with Crippen LogP contribution in [0.25, 0.3) is 0 Å². The molecule has 1 heterocycles. The Morgan fingerprint density at radius 1 is 1.33 bits per heavy atom. The summed E-state index contributed by atoms with van der Waals surface area (Å²) in [6.07, 6.45) is 3.52. The minimum atomic E-state index is -0.841. The minimum Gasteiger partial charge on any atom is -0.462 e. The van der Waals surface area contributed by atoms with Gasteiger partial charge in [0.25, 0.3) is 0 Å². The molecule has 2 bridgehead atoms. The summed E-state index contributed by atoms with van der Waals surface area (Å²) in [5, 5.41) is 10.0. The van der Waals surface area contributed by atoms with E-state index in [1.807, 2.05) is 20.8 Å². The Labute approximate surface area is 108 Å². The summed E-state index contributed by atoms with van der Waals surface area (Å²) in [4.78, 5) is 11.9. The number of carbonyl (C=O) groups is 1. The van der Waals surface area contributed by atoms with Crippen molar-refractivity contribution in [1.82, 2.24) is 0 Å². The lowest BCUT2D eigenvalue weighted by Gasteiger charge is -2.38. The van der Waals surface area contributed by atoms with Crippen LogP contribution in [0.2, 0.25) is 0 Å². The molecule has 18 heavy (non-hydrogen) atoms. The van der Waals surface area contributed by atoms with Crippen molar-refractivity contribution in [2.45, 2.75) is 64.4 Å². The van der Waals surface area contributed by atoms with Gasteiger partial charge in [-0.25, -0.2) is 0 Å². The van der Waals surface area contributed by atoms with Crippen molar-refractivity contribution in [3.63, 3.8) is 0 Å². The van der Waals surface area contributed by atoms with Crippen LogP contribution in [-0.4, -0.2) is 29.1 Å². The van der Waals surface area contributed by atoms with E-state index in [1.54, 1.807) is 0 Å². The van der Waals surface area contributed by atoms with Gasteiger partial charge in [0.1, 0.15) is 12.2 Å². The van der Waals surface area contributed by atoms with Gasteiger partial charge >= 0.3 is 5.97 Å². The first-order valence-corrected chi connectivity index (χ1v) is 6.89. The monoisotopic (exact) mass is 254 g/mol. The van der Waals surface area contributed by atoms with Crippen molar-refractivity contribution in [2.24, 2.45) is 17.3 Å². The van der Waals surface area contributed by atoms with E-state index in [1.165, 1.54) is 0 Å². The predicted octanol–water partition coefficient (Wildman–Crippen LogP) is 1.85. The minimum absolute atomic E-state index is 0.00854. The van der Waals surface area contributed by atoms with Gasteiger partial charge in [-0.2, -0.15) is 0 Å². The standard InChI is InChI=1S/C14H22O4/c1-13(2,3)12(15)17-10-5-8-4-9(6-10)11-14(16,7-8)18-11/h8-11,16H,4-7H2,1-3H3/t8-,9+,10-,11+,14-/m1/s1. The molecule has 1 aliphatic heterocycles. The molecule has 3 aliphatic rings. The average molecular weight is 254 g/mol. The molecule has 102 valence electrons. The molecule has 0 unspecified atom stereocenters. The Morgan fingerprint density at radius 2 is 2.06 bits per heavy atom. The molecule has 5 atom stereocenters. The molecule has 1 N–H and O–H groups in total. The number of aliphatic hydroxyl groups is 1. The van der Waals surface area contributed by atoms with Crippen molar-refractivity contribution in [2.75, 3.05) is 0 Å². The van der Waals surface area contributed by atoms with Crippen LogP contribution in [-0.2, 0) is 14.3 Å². The molecule has 0 spiro atoms. The molecule has 0 aromatic heterocycles. The molecule has 0 radical (unpaired) electrons. The van der Waals surface area contributed by atoms with Crippen LogP contribution in [0.15, 0.2) is 0 Å². The van der Waals surface area contributed by atoms with E-state index in [2.05, 4.69) is 0 Å². The number of epoxide rings is 1. The zero-order chi connectivity index (χ0) is 13.1. The summed E-state index contributed by atoms with van der Waals surface area (Å²) < 4.78 is 11.0. The molecule has 2 saturated carbocycles. The van der Waals surface area contributed by atoms with Crippen molar-refractivity contribution < 1.29 is 19.4 Å². The summed E-state index contributed by atoms with van der Waals surface area (Å²) in [6, 6.07) is 0. The molecular weight excluding hydrogens is 232 g/mol. The molecule has 0 amide bonds.